The number of carbonyl (C=O) groups is 2. The summed E-state index contributed by atoms with van der Waals surface area (Å²) in [5.74, 6) is -1.68. The molecule has 7 nitrogen and oxygen atoms in total. The number of fused-ring (bicyclic) bond motifs is 1. The molecule has 0 bridgehead atoms. The van der Waals surface area contributed by atoms with Crippen molar-refractivity contribution in [3.63, 3.8) is 0 Å². The second-order valence-corrected chi connectivity index (χ2v) is 5.82. The van der Waals surface area contributed by atoms with E-state index in [2.05, 4.69) is 10.1 Å². The highest BCUT2D eigenvalue weighted by Crippen LogP contribution is 2.29. The molecule has 0 aromatic carbocycles. The lowest BCUT2D eigenvalue weighted by atomic mass is 10.1. The van der Waals surface area contributed by atoms with Gasteiger partial charge in [0.25, 0.3) is 5.91 Å². The highest BCUT2D eigenvalue weighted by atomic mass is 16.4. The lowest BCUT2D eigenvalue weighted by Gasteiger charge is -2.23. The van der Waals surface area contributed by atoms with E-state index in [1.807, 2.05) is 13.0 Å². The van der Waals surface area contributed by atoms with Crippen LogP contribution >= 0.6 is 0 Å². The van der Waals surface area contributed by atoms with Crippen molar-refractivity contribution in [2.45, 2.75) is 32.7 Å². The number of carbonyl (C=O) groups excluding carboxylic acids is 1. The van der Waals surface area contributed by atoms with Gasteiger partial charge in [0.05, 0.1) is 12.1 Å². The number of rotatable bonds is 5. The molecule has 1 aliphatic carbocycles. The first-order chi connectivity index (χ1) is 10.5. The third-order valence-electron chi connectivity index (χ3n) is 3.88. The Morgan fingerprint density at radius 2 is 2.23 bits per heavy atom. The zero-order valence-corrected chi connectivity index (χ0v) is 12.6. The average Bonchev–Trinajstić information content (AvgIpc) is 3.23. The Balaban J connectivity index is 1.92. The third kappa shape index (κ3) is 2.66. The maximum atomic E-state index is 12.8. The highest BCUT2D eigenvalue weighted by Gasteiger charge is 2.36. The maximum absolute atomic E-state index is 12.8. The molecular weight excluding hydrogens is 284 g/mol. The van der Waals surface area contributed by atoms with Crippen molar-refractivity contribution in [1.29, 1.82) is 0 Å². The van der Waals surface area contributed by atoms with E-state index in [0.717, 1.165) is 18.5 Å². The van der Waals surface area contributed by atoms with Gasteiger partial charge in [-0.2, -0.15) is 5.10 Å². The summed E-state index contributed by atoms with van der Waals surface area (Å²) in [6.07, 6.45) is 5.11. The van der Waals surface area contributed by atoms with E-state index in [9.17, 15) is 9.59 Å². The molecule has 1 atom stereocenters. The van der Waals surface area contributed by atoms with Crippen LogP contribution in [0, 0.1) is 12.8 Å². The third-order valence-corrected chi connectivity index (χ3v) is 3.88. The van der Waals surface area contributed by atoms with Gasteiger partial charge >= 0.3 is 5.97 Å². The van der Waals surface area contributed by atoms with Crippen molar-refractivity contribution in [3.8, 4) is 0 Å². The number of carboxylic acid groups (broad SMARTS) is 1. The molecular formula is C15H18N4O3. The van der Waals surface area contributed by atoms with Gasteiger partial charge in [0.15, 0.2) is 5.65 Å². The van der Waals surface area contributed by atoms with Gasteiger partial charge in [0, 0.05) is 24.5 Å². The number of nitrogens with zero attached hydrogens (tertiary/aromatic N) is 4. The van der Waals surface area contributed by atoms with Crippen LogP contribution in [0.5, 0.6) is 0 Å². The summed E-state index contributed by atoms with van der Waals surface area (Å²) in [6.45, 7) is 3.68. The topological polar surface area (TPSA) is 87.8 Å². The Morgan fingerprint density at radius 1 is 1.50 bits per heavy atom. The predicted molar refractivity (Wildman–Crippen MR) is 78.6 cm³/mol. The van der Waals surface area contributed by atoms with E-state index < -0.39 is 11.9 Å². The van der Waals surface area contributed by atoms with Crippen LogP contribution in [-0.4, -0.2) is 49.1 Å². The lowest BCUT2D eigenvalue weighted by Crippen LogP contribution is -2.38. The summed E-state index contributed by atoms with van der Waals surface area (Å²) in [6, 6.07) is 1.95. The second kappa shape index (κ2) is 5.40. The molecule has 1 amide bonds. The summed E-state index contributed by atoms with van der Waals surface area (Å²) in [5.41, 5.74) is 1.74. The van der Waals surface area contributed by atoms with Crippen molar-refractivity contribution >= 4 is 17.5 Å². The molecule has 2 heterocycles. The Hall–Kier alpha value is -2.44. The molecule has 0 saturated heterocycles. The SMILES string of the molecule is Cc1ccn2ncc(C(=O)N(CC(C)C(=O)O)C3CC3)c2n1. The number of hydrogen-bond donors (Lipinski definition) is 1. The van der Waals surface area contributed by atoms with E-state index in [1.165, 1.54) is 6.20 Å². The minimum atomic E-state index is -0.896. The second-order valence-electron chi connectivity index (χ2n) is 5.82. The molecule has 0 radical (unpaired) electrons. The van der Waals surface area contributed by atoms with Crippen molar-refractivity contribution in [3.05, 3.63) is 29.7 Å². The fraction of sp³-hybridized carbons (Fsp3) is 0.467. The normalized spacial score (nSPS) is 15.7. The number of hydrogen-bond acceptors (Lipinski definition) is 4. The first-order valence-electron chi connectivity index (χ1n) is 7.32. The predicted octanol–water partition coefficient (Wildman–Crippen LogP) is 1.36. The van der Waals surface area contributed by atoms with Gasteiger partial charge in [-0.1, -0.05) is 6.92 Å². The van der Waals surface area contributed by atoms with E-state index >= 15 is 0 Å². The smallest absolute Gasteiger partial charge is 0.308 e. The fourth-order valence-corrected chi connectivity index (χ4v) is 2.42. The molecule has 116 valence electrons. The van der Waals surface area contributed by atoms with Crippen LogP contribution in [0.25, 0.3) is 5.65 Å². The average molecular weight is 302 g/mol. The Morgan fingerprint density at radius 3 is 2.86 bits per heavy atom. The summed E-state index contributed by atoms with van der Waals surface area (Å²) in [7, 11) is 0. The van der Waals surface area contributed by atoms with E-state index in [4.69, 9.17) is 5.11 Å². The Bertz CT molecular complexity index is 735. The Labute approximate surface area is 127 Å². The van der Waals surface area contributed by atoms with Gasteiger partial charge in [-0.3, -0.25) is 9.59 Å². The molecule has 1 saturated carbocycles. The summed E-state index contributed by atoms with van der Waals surface area (Å²) < 4.78 is 1.56. The molecule has 1 aliphatic rings. The molecule has 1 unspecified atom stereocenters. The standard InChI is InChI=1S/C15H18N4O3/c1-9(15(21)22)8-18(11-3-4-11)14(20)12-7-16-19-6-5-10(2)17-13(12)19/h5-7,9,11H,3-4,8H2,1-2H3,(H,21,22). The molecule has 2 aromatic heterocycles. The number of aliphatic carboxylic acids is 1. The van der Waals surface area contributed by atoms with Crippen LogP contribution in [0.3, 0.4) is 0 Å². The molecule has 1 N–H and O–H groups in total. The minimum Gasteiger partial charge on any atom is -0.481 e. The number of aryl methyl sites for hydroxylation is 1. The van der Waals surface area contributed by atoms with Gasteiger partial charge in [0.2, 0.25) is 0 Å². The molecule has 22 heavy (non-hydrogen) atoms. The van der Waals surface area contributed by atoms with Crippen LogP contribution < -0.4 is 0 Å². The van der Waals surface area contributed by atoms with Crippen molar-refractivity contribution in [1.82, 2.24) is 19.5 Å². The minimum absolute atomic E-state index is 0.133. The quantitative estimate of drug-likeness (QED) is 0.901. The lowest BCUT2D eigenvalue weighted by molar-refractivity contribution is -0.141. The summed E-state index contributed by atoms with van der Waals surface area (Å²) >= 11 is 0. The first kappa shape index (κ1) is 14.5. The monoisotopic (exact) mass is 302 g/mol. The van der Waals surface area contributed by atoms with Crippen molar-refractivity contribution < 1.29 is 14.7 Å². The van der Waals surface area contributed by atoms with E-state index in [0.29, 0.717) is 11.2 Å². The zero-order valence-electron chi connectivity index (χ0n) is 12.6. The molecule has 7 heteroatoms. The molecule has 3 rings (SSSR count). The molecule has 2 aromatic rings. The number of aromatic nitrogens is 3. The van der Waals surface area contributed by atoms with Crippen LogP contribution in [0.2, 0.25) is 0 Å². The van der Waals surface area contributed by atoms with Crippen LogP contribution in [0.1, 0.15) is 35.8 Å². The van der Waals surface area contributed by atoms with Gasteiger partial charge in [-0.25, -0.2) is 9.50 Å². The Kier molecular flexibility index (Phi) is 3.56. The van der Waals surface area contributed by atoms with Crippen LogP contribution in [-0.2, 0) is 4.79 Å². The van der Waals surface area contributed by atoms with Crippen LogP contribution in [0.4, 0.5) is 0 Å². The van der Waals surface area contributed by atoms with Crippen LogP contribution in [0.15, 0.2) is 18.5 Å². The zero-order chi connectivity index (χ0) is 15.9. The van der Waals surface area contributed by atoms with E-state index in [1.54, 1.807) is 22.5 Å². The maximum Gasteiger partial charge on any atom is 0.308 e. The number of amides is 1. The van der Waals surface area contributed by atoms with Crippen molar-refractivity contribution in [2.24, 2.45) is 5.92 Å². The van der Waals surface area contributed by atoms with E-state index in [-0.39, 0.29) is 18.5 Å². The van der Waals surface area contributed by atoms with Gasteiger partial charge in [0.1, 0.15) is 5.56 Å². The first-order valence-corrected chi connectivity index (χ1v) is 7.32. The highest BCUT2D eigenvalue weighted by molar-refractivity contribution is 6.00. The molecule has 0 aliphatic heterocycles. The van der Waals surface area contributed by atoms with Gasteiger partial charge < -0.3 is 10.0 Å². The number of carboxylic acids is 1. The molecule has 1 fully saturated rings. The van der Waals surface area contributed by atoms with Gasteiger partial charge in [-0.05, 0) is 25.8 Å². The fourth-order valence-electron chi connectivity index (χ4n) is 2.42. The summed E-state index contributed by atoms with van der Waals surface area (Å²) in [5, 5.41) is 13.2. The van der Waals surface area contributed by atoms with Crippen molar-refractivity contribution in [2.75, 3.05) is 6.54 Å². The van der Waals surface area contributed by atoms with Gasteiger partial charge in [-0.15, -0.1) is 0 Å². The largest absolute Gasteiger partial charge is 0.481 e. The summed E-state index contributed by atoms with van der Waals surface area (Å²) in [4.78, 5) is 29.9. The molecule has 0 spiro atoms.